The van der Waals surface area contributed by atoms with Gasteiger partial charge < -0.3 is 10.4 Å². The highest BCUT2D eigenvalue weighted by Gasteiger charge is 2.20. The third-order valence-corrected chi connectivity index (χ3v) is 5.21. The molecule has 1 fully saturated rings. The number of nitrogens with zero attached hydrogens (tertiary/aromatic N) is 2. The van der Waals surface area contributed by atoms with Gasteiger partial charge in [0.15, 0.2) is 0 Å². The lowest BCUT2D eigenvalue weighted by Crippen LogP contribution is -2.34. The van der Waals surface area contributed by atoms with E-state index in [4.69, 9.17) is 5.10 Å². The van der Waals surface area contributed by atoms with Crippen molar-refractivity contribution in [3.05, 3.63) is 72.2 Å². The summed E-state index contributed by atoms with van der Waals surface area (Å²) in [5.74, 6) is -0.248. The summed E-state index contributed by atoms with van der Waals surface area (Å²) < 4.78 is 15.2. The summed E-state index contributed by atoms with van der Waals surface area (Å²) in [4.78, 5) is 0. The molecule has 1 aliphatic carbocycles. The van der Waals surface area contributed by atoms with Gasteiger partial charge in [0.1, 0.15) is 5.82 Å². The molecule has 1 aliphatic rings. The summed E-state index contributed by atoms with van der Waals surface area (Å²) in [6, 6.07) is 16.9. The fraction of sp³-hybridized carbons (Fsp3) is 0.318. The number of aromatic nitrogens is 2. The maximum atomic E-state index is 13.3. The molecule has 1 aromatic heterocycles. The van der Waals surface area contributed by atoms with Crippen LogP contribution in [0, 0.1) is 5.82 Å². The predicted molar refractivity (Wildman–Crippen MR) is 104 cm³/mol. The van der Waals surface area contributed by atoms with Gasteiger partial charge in [-0.05, 0) is 62.1 Å². The fourth-order valence-corrected chi connectivity index (χ4v) is 3.64. The average molecular weight is 365 g/mol. The molecular formula is C22H24FN3O. The Balaban J connectivity index is 1.60. The van der Waals surface area contributed by atoms with Crippen molar-refractivity contribution >= 4 is 0 Å². The van der Waals surface area contributed by atoms with Gasteiger partial charge in [-0.1, -0.05) is 18.2 Å². The normalized spacial score (nSPS) is 19.9. The van der Waals surface area contributed by atoms with Crippen LogP contribution in [0.15, 0.2) is 60.8 Å². The zero-order chi connectivity index (χ0) is 18.6. The Hall–Kier alpha value is -2.50. The highest BCUT2D eigenvalue weighted by Crippen LogP contribution is 2.25. The molecular weight excluding hydrogens is 341 g/mol. The lowest BCUT2D eigenvalue weighted by Gasteiger charge is -2.26. The molecule has 5 heteroatoms. The summed E-state index contributed by atoms with van der Waals surface area (Å²) in [6.07, 6.45) is 5.56. The number of nitrogens with one attached hydrogen (secondary N) is 1. The summed E-state index contributed by atoms with van der Waals surface area (Å²) in [7, 11) is 0. The summed E-state index contributed by atoms with van der Waals surface area (Å²) in [5.41, 5.74) is 3.84. The van der Waals surface area contributed by atoms with Crippen LogP contribution in [0.5, 0.6) is 0 Å². The number of rotatable bonds is 5. The zero-order valence-electron chi connectivity index (χ0n) is 15.2. The second kappa shape index (κ2) is 8.03. The number of aliphatic hydroxyl groups excluding tert-OH is 1. The van der Waals surface area contributed by atoms with Crippen LogP contribution in [0.25, 0.3) is 16.9 Å². The number of hydrogen-bond acceptors (Lipinski definition) is 3. The molecule has 2 aromatic carbocycles. The molecule has 1 saturated carbocycles. The first-order valence-corrected chi connectivity index (χ1v) is 9.50. The average Bonchev–Trinajstić information content (AvgIpc) is 3.13. The lowest BCUT2D eigenvalue weighted by atomic mass is 9.93. The first kappa shape index (κ1) is 17.9. The zero-order valence-corrected chi connectivity index (χ0v) is 15.2. The molecule has 0 atom stereocenters. The van der Waals surface area contributed by atoms with E-state index in [1.54, 1.807) is 12.1 Å². The largest absolute Gasteiger partial charge is 0.393 e. The Kier molecular flexibility index (Phi) is 5.32. The number of benzene rings is 2. The molecule has 140 valence electrons. The number of para-hydroxylation sites is 1. The van der Waals surface area contributed by atoms with Crippen LogP contribution < -0.4 is 5.32 Å². The van der Waals surface area contributed by atoms with Crippen LogP contribution >= 0.6 is 0 Å². The smallest absolute Gasteiger partial charge is 0.123 e. The lowest BCUT2D eigenvalue weighted by molar-refractivity contribution is 0.116. The van der Waals surface area contributed by atoms with Crippen molar-refractivity contribution in [2.24, 2.45) is 0 Å². The van der Waals surface area contributed by atoms with Crippen molar-refractivity contribution in [1.82, 2.24) is 15.1 Å². The molecule has 0 bridgehead atoms. The second-order valence-corrected chi connectivity index (χ2v) is 7.18. The molecule has 0 aliphatic heterocycles. The van der Waals surface area contributed by atoms with Gasteiger partial charge in [-0.15, -0.1) is 0 Å². The maximum absolute atomic E-state index is 13.3. The fourth-order valence-electron chi connectivity index (χ4n) is 3.64. The van der Waals surface area contributed by atoms with E-state index in [2.05, 4.69) is 5.32 Å². The van der Waals surface area contributed by atoms with E-state index in [0.29, 0.717) is 12.6 Å². The van der Waals surface area contributed by atoms with Crippen LogP contribution in [-0.4, -0.2) is 27.0 Å². The Bertz CT molecular complexity index is 868. The second-order valence-electron chi connectivity index (χ2n) is 7.18. The van der Waals surface area contributed by atoms with E-state index in [0.717, 1.165) is 48.2 Å². The number of halogens is 1. The summed E-state index contributed by atoms with van der Waals surface area (Å²) in [5, 5.41) is 18.1. The SMILES string of the molecule is OC1CCC(NCc2cn(-c3ccccc3)nc2-c2ccc(F)cc2)CC1. The van der Waals surface area contributed by atoms with E-state index in [-0.39, 0.29) is 11.9 Å². The van der Waals surface area contributed by atoms with Crippen LogP contribution in [0.2, 0.25) is 0 Å². The van der Waals surface area contributed by atoms with Gasteiger partial charge in [0.25, 0.3) is 0 Å². The summed E-state index contributed by atoms with van der Waals surface area (Å²) >= 11 is 0. The number of aliphatic hydroxyl groups is 1. The molecule has 0 radical (unpaired) electrons. The Labute approximate surface area is 158 Å². The molecule has 0 saturated heterocycles. The molecule has 27 heavy (non-hydrogen) atoms. The van der Waals surface area contributed by atoms with Crippen LogP contribution in [0.3, 0.4) is 0 Å². The Morgan fingerprint density at radius 3 is 2.41 bits per heavy atom. The van der Waals surface area contributed by atoms with E-state index in [1.807, 2.05) is 41.2 Å². The van der Waals surface area contributed by atoms with Crippen molar-refractivity contribution in [3.8, 4) is 16.9 Å². The van der Waals surface area contributed by atoms with Gasteiger partial charge in [0.05, 0.1) is 17.5 Å². The standard InChI is InChI=1S/C22H24FN3O/c23-18-8-6-16(7-9-18)22-17(14-24-19-10-12-21(27)13-11-19)15-26(25-22)20-4-2-1-3-5-20/h1-9,15,19,21,24,27H,10-14H2. The third-order valence-electron chi connectivity index (χ3n) is 5.21. The Morgan fingerprint density at radius 1 is 1.00 bits per heavy atom. The van der Waals surface area contributed by atoms with Crippen molar-refractivity contribution in [1.29, 1.82) is 0 Å². The van der Waals surface area contributed by atoms with E-state index >= 15 is 0 Å². The molecule has 4 nitrogen and oxygen atoms in total. The van der Waals surface area contributed by atoms with Crippen molar-refractivity contribution in [2.75, 3.05) is 0 Å². The van der Waals surface area contributed by atoms with Gasteiger partial charge >= 0.3 is 0 Å². The molecule has 4 rings (SSSR count). The minimum atomic E-state index is -0.248. The third kappa shape index (κ3) is 4.26. The molecule has 3 aromatic rings. The highest BCUT2D eigenvalue weighted by molar-refractivity contribution is 5.63. The van der Waals surface area contributed by atoms with Crippen LogP contribution in [0.4, 0.5) is 4.39 Å². The highest BCUT2D eigenvalue weighted by atomic mass is 19.1. The number of hydrogen-bond donors (Lipinski definition) is 2. The topological polar surface area (TPSA) is 50.1 Å². The van der Waals surface area contributed by atoms with E-state index in [9.17, 15) is 9.50 Å². The van der Waals surface area contributed by atoms with Crippen LogP contribution in [0.1, 0.15) is 31.2 Å². The van der Waals surface area contributed by atoms with Crippen molar-refractivity contribution in [3.63, 3.8) is 0 Å². The molecule has 2 N–H and O–H groups in total. The molecule has 0 unspecified atom stereocenters. The van der Waals surface area contributed by atoms with Crippen molar-refractivity contribution < 1.29 is 9.50 Å². The molecule has 0 spiro atoms. The predicted octanol–water partition coefficient (Wildman–Crippen LogP) is 4.07. The van der Waals surface area contributed by atoms with Crippen molar-refractivity contribution in [2.45, 2.75) is 44.4 Å². The maximum Gasteiger partial charge on any atom is 0.123 e. The minimum Gasteiger partial charge on any atom is -0.393 e. The van der Waals surface area contributed by atoms with Gasteiger partial charge in [0, 0.05) is 29.9 Å². The van der Waals surface area contributed by atoms with E-state index < -0.39 is 0 Å². The summed E-state index contributed by atoms with van der Waals surface area (Å²) in [6.45, 7) is 0.695. The van der Waals surface area contributed by atoms with E-state index in [1.165, 1.54) is 12.1 Å². The minimum absolute atomic E-state index is 0.154. The van der Waals surface area contributed by atoms with Gasteiger partial charge in [-0.25, -0.2) is 9.07 Å². The molecule has 1 heterocycles. The first-order valence-electron chi connectivity index (χ1n) is 9.50. The Morgan fingerprint density at radius 2 is 1.70 bits per heavy atom. The monoisotopic (exact) mass is 365 g/mol. The quantitative estimate of drug-likeness (QED) is 0.717. The van der Waals surface area contributed by atoms with Gasteiger partial charge in [0.2, 0.25) is 0 Å². The van der Waals surface area contributed by atoms with Gasteiger partial charge in [-0.2, -0.15) is 5.10 Å². The van der Waals surface area contributed by atoms with Gasteiger partial charge in [-0.3, -0.25) is 0 Å². The molecule has 0 amide bonds. The first-order chi connectivity index (χ1) is 13.2. The van der Waals surface area contributed by atoms with Crippen LogP contribution in [-0.2, 0) is 6.54 Å².